The van der Waals surface area contributed by atoms with Crippen LogP contribution in [-0.2, 0) is 30.4 Å². The molecule has 2 aromatic carbocycles. The Morgan fingerprint density at radius 3 is 2.05 bits per heavy atom. The monoisotopic (exact) mass is 266 g/mol. The molecule has 0 atom stereocenters. The van der Waals surface area contributed by atoms with Gasteiger partial charge < -0.3 is 4.74 Å². The Hall–Kier alpha value is -2.09. The second-order valence-corrected chi connectivity index (χ2v) is 5.30. The molecule has 0 aliphatic heterocycles. The minimum absolute atomic E-state index is 0.240. The van der Waals surface area contributed by atoms with Crippen LogP contribution in [0.25, 0.3) is 0 Å². The summed E-state index contributed by atoms with van der Waals surface area (Å²) in [7, 11) is 1.44. The molecule has 0 fully saturated rings. The normalized spacial score (nSPS) is 13.7. The van der Waals surface area contributed by atoms with Crippen LogP contribution in [0.15, 0.2) is 42.5 Å². The van der Waals surface area contributed by atoms with Gasteiger partial charge in [-0.15, -0.1) is 0 Å². The summed E-state index contributed by atoms with van der Waals surface area (Å²) in [6.07, 6.45) is 3.87. The minimum atomic E-state index is -0.240. The first-order valence-electron chi connectivity index (χ1n) is 7.04. The fourth-order valence-electron chi connectivity index (χ4n) is 2.76. The molecule has 0 N–H and O–H groups in total. The predicted molar refractivity (Wildman–Crippen MR) is 79.0 cm³/mol. The number of rotatable bonds is 1. The first kappa shape index (κ1) is 12.9. The summed E-state index contributed by atoms with van der Waals surface area (Å²) in [6.45, 7) is 0. The molecule has 0 aromatic heterocycles. The van der Waals surface area contributed by atoms with Gasteiger partial charge in [0.2, 0.25) is 0 Å². The molecule has 4 bridgehead atoms. The molecule has 0 heterocycles. The van der Waals surface area contributed by atoms with Gasteiger partial charge in [-0.1, -0.05) is 36.4 Å². The molecule has 20 heavy (non-hydrogen) atoms. The average Bonchev–Trinajstić information content (AvgIpc) is 2.55. The molecule has 0 spiro atoms. The lowest BCUT2D eigenvalue weighted by Crippen LogP contribution is -2.07. The maximum absolute atomic E-state index is 11.8. The van der Waals surface area contributed by atoms with Crippen LogP contribution in [-0.4, -0.2) is 13.1 Å². The van der Waals surface area contributed by atoms with Crippen LogP contribution in [0.1, 0.15) is 32.6 Å². The predicted octanol–water partition coefficient (Wildman–Crippen LogP) is 3.36. The molecule has 0 amide bonds. The molecule has 2 heteroatoms. The maximum atomic E-state index is 11.8. The van der Waals surface area contributed by atoms with Gasteiger partial charge in [0.1, 0.15) is 0 Å². The highest BCUT2D eigenvalue weighted by molar-refractivity contribution is 5.91. The highest BCUT2D eigenvalue weighted by atomic mass is 16.5. The third kappa shape index (κ3) is 2.60. The standard InChI is InChI=1S/C18H18O2/c1-20-18(19)17-11-9-15-7-6-13-2-4-14(5-3-13)8-10-16(17)12-15/h2-5,9,11-12H,6-8,10H2,1H3. The summed E-state index contributed by atoms with van der Waals surface area (Å²) < 4.78 is 4.88. The van der Waals surface area contributed by atoms with E-state index in [1.165, 1.54) is 23.8 Å². The van der Waals surface area contributed by atoms with Gasteiger partial charge in [-0.3, -0.25) is 0 Å². The summed E-state index contributed by atoms with van der Waals surface area (Å²) >= 11 is 0. The van der Waals surface area contributed by atoms with Crippen molar-refractivity contribution in [3.8, 4) is 0 Å². The van der Waals surface area contributed by atoms with Crippen molar-refractivity contribution in [2.75, 3.05) is 7.11 Å². The average molecular weight is 266 g/mol. The number of carbonyl (C=O) groups excluding carboxylic acids is 1. The van der Waals surface area contributed by atoms with E-state index in [1.807, 2.05) is 12.1 Å². The van der Waals surface area contributed by atoms with Crippen molar-refractivity contribution in [1.82, 2.24) is 0 Å². The molecule has 2 aliphatic carbocycles. The Kier molecular flexibility index (Phi) is 3.55. The summed E-state index contributed by atoms with van der Waals surface area (Å²) in [6, 6.07) is 14.9. The molecule has 102 valence electrons. The molecule has 0 radical (unpaired) electrons. The van der Waals surface area contributed by atoms with Gasteiger partial charge in [-0.05, 0) is 54.0 Å². The molecular formula is C18H18O2. The Bertz CT molecular complexity index is 626. The number of ether oxygens (including phenoxy) is 1. The highest BCUT2D eigenvalue weighted by Crippen LogP contribution is 2.20. The van der Waals surface area contributed by atoms with Crippen LogP contribution < -0.4 is 0 Å². The van der Waals surface area contributed by atoms with Crippen molar-refractivity contribution in [1.29, 1.82) is 0 Å². The van der Waals surface area contributed by atoms with Gasteiger partial charge in [0.25, 0.3) is 0 Å². The molecule has 2 aromatic rings. The van der Waals surface area contributed by atoms with Crippen molar-refractivity contribution >= 4 is 5.97 Å². The van der Waals surface area contributed by atoms with Crippen LogP contribution in [0.2, 0.25) is 0 Å². The van der Waals surface area contributed by atoms with Gasteiger partial charge in [0.05, 0.1) is 12.7 Å². The number of methoxy groups -OCH3 is 1. The van der Waals surface area contributed by atoms with E-state index in [-0.39, 0.29) is 5.97 Å². The molecule has 0 saturated heterocycles. The number of hydrogen-bond acceptors (Lipinski definition) is 2. The smallest absolute Gasteiger partial charge is 0.338 e. The lowest BCUT2D eigenvalue weighted by atomic mass is 9.97. The zero-order chi connectivity index (χ0) is 13.9. The molecule has 2 nitrogen and oxygen atoms in total. The van der Waals surface area contributed by atoms with Gasteiger partial charge in [0, 0.05) is 0 Å². The summed E-state index contributed by atoms with van der Waals surface area (Å²) in [4.78, 5) is 11.8. The molecule has 4 rings (SSSR count). The van der Waals surface area contributed by atoms with Crippen LogP contribution in [0.5, 0.6) is 0 Å². The van der Waals surface area contributed by atoms with Gasteiger partial charge in [-0.25, -0.2) is 4.79 Å². The summed E-state index contributed by atoms with van der Waals surface area (Å²) in [5.74, 6) is -0.240. The van der Waals surface area contributed by atoms with E-state index >= 15 is 0 Å². The molecule has 0 saturated carbocycles. The first-order chi connectivity index (χ1) is 9.76. The van der Waals surface area contributed by atoms with Crippen LogP contribution in [0, 0.1) is 0 Å². The van der Waals surface area contributed by atoms with Gasteiger partial charge >= 0.3 is 5.97 Å². The number of benzene rings is 2. The van der Waals surface area contributed by atoms with E-state index in [0.29, 0.717) is 5.56 Å². The van der Waals surface area contributed by atoms with Crippen molar-refractivity contribution in [3.63, 3.8) is 0 Å². The second-order valence-electron chi connectivity index (χ2n) is 5.30. The zero-order valence-electron chi connectivity index (χ0n) is 11.7. The van der Waals surface area contributed by atoms with Crippen molar-refractivity contribution in [3.05, 3.63) is 70.3 Å². The Morgan fingerprint density at radius 1 is 0.850 bits per heavy atom. The van der Waals surface area contributed by atoms with Crippen LogP contribution in [0.4, 0.5) is 0 Å². The second kappa shape index (κ2) is 5.49. The van der Waals surface area contributed by atoms with Crippen molar-refractivity contribution < 1.29 is 9.53 Å². The van der Waals surface area contributed by atoms with Crippen LogP contribution >= 0.6 is 0 Å². The van der Waals surface area contributed by atoms with E-state index in [2.05, 4.69) is 30.3 Å². The molecule has 2 aliphatic rings. The van der Waals surface area contributed by atoms with Crippen LogP contribution in [0.3, 0.4) is 0 Å². The largest absolute Gasteiger partial charge is 0.465 e. The van der Waals surface area contributed by atoms with Crippen molar-refractivity contribution in [2.45, 2.75) is 25.7 Å². The lowest BCUT2D eigenvalue weighted by molar-refractivity contribution is 0.0599. The van der Waals surface area contributed by atoms with Gasteiger partial charge in [0.15, 0.2) is 0 Å². The number of carbonyl (C=O) groups is 1. The molecule has 0 unspecified atom stereocenters. The third-order valence-electron chi connectivity index (χ3n) is 3.98. The number of aryl methyl sites for hydroxylation is 4. The van der Waals surface area contributed by atoms with E-state index in [9.17, 15) is 4.79 Å². The Morgan fingerprint density at radius 2 is 1.40 bits per heavy atom. The first-order valence-corrected chi connectivity index (χ1v) is 7.04. The van der Waals surface area contributed by atoms with Gasteiger partial charge in [-0.2, -0.15) is 0 Å². The molecular weight excluding hydrogens is 248 g/mol. The lowest BCUT2D eigenvalue weighted by Gasteiger charge is -2.10. The summed E-state index contributed by atoms with van der Waals surface area (Å²) in [5, 5.41) is 0. The number of esters is 1. The highest BCUT2D eigenvalue weighted by Gasteiger charge is 2.13. The quantitative estimate of drug-likeness (QED) is 0.740. The van der Waals surface area contributed by atoms with E-state index in [4.69, 9.17) is 4.74 Å². The number of hydrogen-bond donors (Lipinski definition) is 0. The van der Waals surface area contributed by atoms with Crippen molar-refractivity contribution in [2.24, 2.45) is 0 Å². The Balaban J connectivity index is 2.00. The topological polar surface area (TPSA) is 26.3 Å². The number of fused-ring (bicyclic) bond motifs is 4. The fraction of sp³-hybridized carbons (Fsp3) is 0.278. The fourth-order valence-corrected chi connectivity index (χ4v) is 2.76. The zero-order valence-corrected chi connectivity index (χ0v) is 11.7. The minimum Gasteiger partial charge on any atom is -0.465 e. The maximum Gasteiger partial charge on any atom is 0.338 e. The Labute approximate surface area is 119 Å². The summed E-state index contributed by atoms with van der Waals surface area (Å²) in [5.41, 5.74) is 5.77. The van der Waals surface area contributed by atoms with E-state index in [1.54, 1.807) is 0 Å². The SMILES string of the molecule is COC(=O)c1ccc2cc1CCc1ccc(cc1)CC2. The van der Waals surface area contributed by atoms with E-state index < -0.39 is 0 Å². The van der Waals surface area contributed by atoms with E-state index in [0.717, 1.165) is 31.2 Å². The third-order valence-corrected chi connectivity index (χ3v) is 3.98.